The fourth-order valence-electron chi connectivity index (χ4n) is 3.80. The van der Waals surface area contributed by atoms with Crippen LogP contribution in [0.4, 0.5) is 0 Å². The minimum absolute atomic E-state index is 0.241. The molecule has 0 radical (unpaired) electrons. The predicted molar refractivity (Wildman–Crippen MR) is 104 cm³/mol. The molecule has 2 aliphatic rings. The average Bonchev–Trinajstić information content (AvgIpc) is 3.41. The molecule has 7 nitrogen and oxygen atoms in total. The minimum atomic E-state index is -0.241. The van der Waals surface area contributed by atoms with Gasteiger partial charge in [0.05, 0.1) is 29.7 Å². The van der Waals surface area contributed by atoms with Crippen LogP contribution >= 0.6 is 0 Å². The van der Waals surface area contributed by atoms with Gasteiger partial charge < -0.3 is 15.3 Å². The molecule has 2 aliphatic heterocycles. The van der Waals surface area contributed by atoms with E-state index >= 15 is 0 Å². The lowest BCUT2D eigenvalue weighted by atomic mass is 10.1. The summed E-state index contributed by atoms with van der Waals surface area (Å²) in [6.07, 6.45) is 10.6. The summed E-state index contributed by atoms with van der Waals surface area (Å²) in [6, 6.07) is 6.37. The summed E-state index contributed by atoms with van der Waals surface area (Å²) in [6.45, 7) is 2.30. The number of aromatic nitrogens is 4. The highest BCUT2D eigenvalue weighted by atomic mass is 16.3. The fourth-order valence-corrected chi connectivity index (χ4v) is 3.80. The van der Waals surface area contributed by atoms with E-state index in [4.69, 9.17) is 0 Å². The third-order valence-electron chi connectivity index (χ3n) is 5.24. The number of hydrogen-bond acceptors (Lipinski definition) is 5. The first-order chi connectivity index (χ1) is 13.2. The van der Waals surface area contributed by atoms with E-state index in [0.717, 1.165) is 53.1 Å². The number of benzene rings is 1. The van der Waals surface area contributed by atoms with Gasteiger partial charge in [-0.25, -0.2) is 4.68 Å². The van der Waals surface area contributed by atoms with Crippen LogP contribution in [0.2, 0.25) is 0 Å². The summed E-state index contributed by atoms with van der Waals surface area (Å²) in [5.41, 5.74) is 4.33. The third kappa shape index (κ3) is 2.90. The number of aliphatic hydroxyl groups is 1. The molecule has 1 aromatic carbocycles. The number of aryl methyl sites for hydroxylation is 1. The molecule has 0 aliphatic carbocycles. The summed E-state index contributed by atoms with van der Waals surface area (Å²) < 4.78 is 3.80. The van der Waals surface area contributed by atoms with Gasteiger partial charge in [0.1, 0.15) is 5.82 Å². The van der Waals surface area contributed by atoms with Gasteiger partial charge in [0.15, 0.2) is 0 Å². The van der Waals surface area contributed by atoms with Crippen LogP contribution in [0.25, 0.3) is 27.7 Å². The molecule has 1 unspecified atom stereocenters. The molecular weight excluding hydrogens is 340 g/mol. The molecule has 1 fully saturated rings. The highest BCUT2D eigenvalue weighted by molar-refractivity contribution is 5.87. The lowest BCUT2D eigenvalue weighted by molar-refractivity contribution is 0.182. The Morgan fingerprint density at radius 3 is 2.89 bits per heavy atom. The molecule has 4 heterocycles. The average molecular weight is 362 g/mol. The fraction of sp³-hybridized carbons (Fsp3) is 0.300. The summed E-state index contributed by atoms with van der Waals surface area (Å²) >= 11 is 0. The first-order valence-corrected chi connectivity index (χ1v) is 9.23. The van der Waals surface area contributed by atoms with Crippen molar-refractivity contribution in [2.45, 2.75) is 12.5 Å². The summed E-state index contributed by atoms with van der Waals surface area (Å²) in [7, 11) is 1.92. The van der Waals surface area contributed by atoms with Gasteiger partial charge in [-0.05, 0) is 24.1 Å². The molecular formula is C20H22N6O. The Hall–Kier alpha value is -3.06. The molecule has 138 valence electrons. The lowest BCUT2D eigenvalue weighted by Crippen LogP contribution is -2.33. The van der Waals surface area contributed by atoms with Crippen molar-refractivity contribution in [1.29, 1.82) is 0 Å². The van der Waals surface area contributed by atoms with Crippen molar-refractivity contribution in [2.24, 2.45) is 7.05 Å². The Bertz CT molecular complexity index is 1060. The first kappa shape index (κ1) is 16.1. The number of dihydropyridines is 1. The van der Waals surface area contributed by atoms with Gasteiger partial charge in [-0.15, -0.1) is 0 Å². The topological polar surface area (TPSA) is 71.1 Å². The predicted octanol–water partition coefficient (Wildman–Crippen LogP) is 1.79. The van der Waals surface area contributed by atoms with Crippen LogP contribution in [-0.2, 0) is 7.05 Å². The second-order valence-electron chi connectivity index (χ2n) is 7.16. The van der Waals surface area contributed by atoms with Crippen LogP contribution in [-0.4, -0.2) is 55.3 Å². The number of fused-ring (bicyclic) bond motifs is 1. The lowest BCUT2D eigenvalue weighted by Gasteiger charge is -2.25. The van der Waals surface area contributed by atoms with Gasteiger partial charge in [0.25, 0.3) is 0 Å². The number of β-amino-alcohol motifs (C(OH)–C–C–N with tert-alkyl or cyclic N) is 1. The molecule has 0 bridgehead atoms. The number of hydrogen-bond donors (Lipinski definition) is 2. The Balaban J connectivity index is 1.52. The van der Waals surface area contributed by atoms with Crippen LogP contribution < -0.4 is 5.32 Å². The summed E-state index contributed by atoms with van der Waals surface area (Å²) in [5, 5.41) is 23.2. The van der Waals surface area contributed by atoms with Gasteiger partial charge in [-0.2, -0.15) is 10.2 Å². The standard InChI is InChI=1S/C20H22N6O/c1-24-12-16(11-22-24)14-2-3-15-10-23-26(19(15)8-14)17-4-6-21-20(9-17)25-7-5-18(27)13-25/h2-4,8-12,18,21,27H,5-7,13H2,1H3. The van der Waals surface area contributed by atoms with Crippen LogP contribution in [0.1, 0.15) is 6.42 Å². The number of likely N-dealkylation sites (tertiary alicyclic amines) is 1. The maximum atomic E-state index is 9.83. The zero-order chi connectivity index (χ0) is 18.4. The van der Waals surface area contributed by atoms with Crippen LogP contribution in [0, 0.1) is 0 Å². The molecule has 27 heavy (non-hydrogen) atoms. The monoisotopic (exact) mass is 362 g/mol. The normalized spacial score (nSPS) is 19.9. The van der Waals surface area contributed by atoms with E-state index in [1.54, 1.807) is 0 Å². The van der Waals surface area contributed by atoms with E-state index in [-0.39, 0.29) is 6.10 Å². The highest BCUT2D eigenvalue weighted by Crippen LogP contribution is 2.27. The van der Waals surface area contributed by atoms with Crippen molar-refractivity contribution < 1.29 is 5.11 Å². The number of rotatable bonds is 3. The second-order valence-corrected chi connectivity index (χ2v) is 7.16. The van der Waals surface area contributed by atoms with Crippen LogP contribution in [0.5, 0.6) is 0 Å². The molecule has 1 atom stereocenters. The van der Waals surface area contributed by atoms with Crippen LogP contribution in [0.15, 0.2) is 54.8 Å². The molecule has 2 aromatic heterocycles. The van der Waals surface area contributed by atoms with Crippen molar-refractivity contribution in [3.05, 3.63) is 54.8 Å². The third-order valence-corrected chi connectivity index (χ3v) is 5.24. The second kappa shape index (κ2) is 6.28. The summed E-state index contributed by atoms with van der Waals surface area (Å²) in [5.74, 6) is 1.05. The SMILES string of the molecule is Cn1cc(-c2ccc3cnn(C4=CCNC(N5CCC(O)C5)=C4)c3c2)cn1. The van der Waals surface area contributed by atoms with Crippen molar-refractivity contribution in [3.8, 4) is 11.1 Å². The van der Waals surface area contributed by atoms with Gasteiger partial charge in [0.2, 0.25) is 0 Å². The number of nitrogens with one attached hydrogen (secondary N) is 1. The smallest absolute Gasteiger partial charge is 0.104 e. The zero-order valence-electron chi connectivity index (χ0n) is 15.2. The van der Waals surface area contributed by atoms with Gasteiger partial charge in [-0.1, -0.05) is 12.1 Å². The van der Waals surface area contributed by atoms with Gasteiger partial charge in [-0.3, -0.25) is 4.68 Å². The molecule has 2 N–H and O–H groups in total. The molecule has 3 aromatic rings. The Kier molecular flexibility index (Phi) is 3.75. The molecule has 7 heteroatoms. The molecule has 0 amide bonds. The van der Waals surface area contributed by atoms with E-state index in [1.165, 1.54) is 0 Å². The van der Waals surface area contributed by atoms with E-state index in [0.29, 0.717) is 6.54 Å². The first-order valence-electron chi connectivity index (χ1n) is 9.23. The van der Waals surface area contributed by atoms with Crippen molar-refractivity contribution in [1.82, 2.24) is 29.8 Å². The largest absolute Gasteiger partial charge is 0.391 e. The van der Waals surface area contributed by atoms with Crippen LogP contribution in [0.3, 0.4) is 0 Å². The zero-order valence-corrected chi connectivity index (χ0v) is 15.2. The minimum Gasteiger partial charge on any atom is -0.391 e. The van der Waals surface area contributed by atoms with E-state index < -0.39 is 0 Å². The number of aliphatic hydroxyl groups excluding tert-OH is 1. The van der Waals surface area contributed by atoms with Gasteiger partial charge in [0, 0.05) is 49.9 Å². The van der Waals surface area contributed by atoms with Crippen molar-refractivity contribution in [2.75, 3.05) is 19.6 Å². The quantitative estimate of drug-likeness (QED) is 0.743. The Morgan fingerprint density at radius 2 is 2.11 bits per heavy atom. The van der Waals surface area contributed by atoms with Crippen molar-refractivity contribution in [3.63, 3.8) is 0 Å². The van der Waals surface area contributed by atoms with E-state index in [2.05, 4.69) is 50.8 Å². The molecule has 5 rings (SSSR count). The van der Waals surface area contributed by atoms with E-state index in [9.17, 15) is 5.11 Å². The number of nitrogens with zero attached hydrogens (tertiary/aromatic N) is 5. The Morgan fingerprint density at radius 1 is 1.19 bits per heavy atom. The Labute approximate surface area is 157 Å². The van der Waals surface area contributed by atoms with Crippen molar-refractivity contribution >= 4 is 16.6 Å². The number of allylic oxidation sites excluding steroid dienone is 2. The maximum absolute atomic E-state index is 9.83. The molecule has 0 spiro atoms. The summed E-state index contributed by atoms with van der Waals surface area (Å²) in [4.78, 5) is 2.20. The maximum Gasteiger partial charge on any atom is 0.104 e. The molecule has 1 saturated heterocycles. The van der Waals surface area contributed by atoms with Gasteiger partial charge >= 0.3 is 0 Å². The van der Waals surface area contributed by atoms with E-state index in [1.807, 2.05) is 35.0 Å². The highest BCUT2D eigenvalue weighted by Gasteiger charge is 2.23. The molecule has 0 saturated carbocycles.